The molecule has 5 nitrogen and oxygen atoms in total. The Kier molecular flexibility index (Phi) is 4.90. The van der Waals surface area contributed by atoms with Crippen LogP contribution in [0.5, 0.6) is 0 Å². The molecule has 1 fully saturated rings. The molecule has 0 atom stereocenters. The summed E-state index contributed by atoms with van der Waals surface area (Å²) in [7, 11) is 0. The summed E-state index contributed by atoms with van der Waals surface area (Å²) in [5.41, 5.74) is 2.09. The van der Waals surface area contributed by atoms with E-state index < -0.39 is 0 Å². The summed E-state index contributed by atoms with van der Waals surface area (Å²) >= 11 is 0. The van der Waals surface area contributed by atoms with Crippen LogP contribution in [-0.2, 0) is 24.2 Å². The number of hydrogen-bond acceptors (Lipinski definition) is 3. The number of rotatable bonds is 6. The molecule has 1 amide bonds. The largest absolute Gasteiger partial charge is 0.354 e. The molecule has 1 saturated carbocycles. The molecule has 0 saturated heterocycles. The Morgan fingerprint density at radius 3 is 2.91 bits per heavy atom. The van der Waals surface area contributed by atoms with E-state index in [9.17, 15) is 9.59 Å². The van der Waals surface area contributed by atoms with E-state index in [2.05, 4.69) is 10.4 Å². The van der Waals surface area contributed by atoms with Crippen LogP contribution in [0.15, 0.2) is 10.9 Å². The first-order valence-electron chi connectivity index (χ1n) is 8.59. The molecule has 0 aliphatic heterocycles. The molecule has 0 radical (unpaired) electrons. The van der Waals surface area contributed by atoms with Crippen molar-refractivity contribution in [1.29, 1.82) is 0 Å². The van der Waals surface area contributed by atoms with Gasteiger partial charge in [-0.1, -0.05) is 25.7 Å². The highest BCUT2D eigenvalue weighted by Gasteiger charge is 2.16. The van der Waals surface area contributed by atoms with Crippen LogP contribution in [0.2, 0.25) is 0 Å². The Labute approximate surface area is 131 Å². The summed E-state index contributed by atoms with van der Waals surface area (Å²) < 4.78 is 1.49. The van der Waals surface area contributed by atoms with Gasteiger partial charge in [-0.25, -0.2) is 4.68 Å². The summed E-state index contributed by atoms with van der Waals surface area (Å²) in [4.78, 5) is 23.8. The lowest BCUT2D eigenvalue weighted by Gasteiger charge is -2.10. The molecule has 1 aromatic heterocycles. The molecular weight excluding hydrogens is 278 g/mol. The SMILES string of the molecule is O=C(CCC1CCCC1)NCCn1nc2c(cc1=O)CCC2. The van der Waals surface area contributed by atoms with E-state index in [1.54, 1.807) is 6.07 Å². The van der Waals surface area contributed by atoms with E-state index in [1.807, 2.05) is 0 Å². The molecule has 22 heavy (non-hydrogen) atoms. The number of fused-ring (bicyclic) bond motifs is 1. The van der Waals surface area contributed by atoms with Gasteiger partial charge >= 0.3 is 0 Å². The van der Waals surface area contributed by atoms with Gasteiger partial charge in [0, 0.05) is 19.0 Å². The van der Waals surface area contributed by atoms with E-state index in [-0.39, 0.29) is 11.5 Å². The topological polar surface area (TPSA) is 64.0 Å². The Hall–Kier alpha value is -1.65. The Morgan fingerprint density at radius 2 is 2.09 bits per heavy atom. The third kappa shape index (κ3) is 3.76. The predicted molar refractivity (Wildman–Crippen MR) is 84.7 cm³/mol. The van der Waals surface area contributed by atoms with E-state index in [0.29, 0.717) is 19.5 Å². The molecule has 1 N–H and O–H groups in total. The zero-order valence-corrected chi connectivity index (χ0v) is 13.1. The average Bonchev–Trinajstić information content (AvgIpc) is 3.16. The summed E-state index contributed by atoms with van der Waals surface area (Å²) in [5, 5.41) is 7.32. The highest BCUT2D eigenvalue weighted by molar-refractivity contribution is 5.75. The quantitative estimate of drug-likeness (QED) is 0.872. The molecule has 0 unspecified atom stereocenters. The lowest BCUT2D eigenvalue weighted by molar-refractivity contribution is -0.121. The second-order valence-electron chi connectivity index (χ2n) is 6.57. The van der Waals surface area contributed by atoms with Crippen LogP contribution in [0.4, 0.5) is 0 Å². The molecular formula is C17H25N3O2. The number of hydrogen-bond donors (Lipinski definition) is 1. The summed E-state index contributed by atoms with van der Waals surface area (Å²) in [5.74, 6) is 0.841. The molecule has 2 aliphatic rings. The van der Waals surface area contributed by atoms with Gasteiger partial charge in [-0.05, 0) is 37.2 Å². The lowest BCUT2D eigenvalue weighted by atomic mass is 10.0. The minimum absolute atomic E-state index is 0.0548. The number of carbonyl (C=O) groups is 1. The smallest absolute Gasteiger partial charge is 0.267 e. The van der Waals surface area contributed by atoms with Crippen LogP contribution in [0.1, 0.15) is 56.2 Å². The molecule has 0 spiro atoms. The minimum Gasteiger partial charge on any atom is -0.354 e. The first kappa shape index (κ1) is 15.3. The van der Waals surface area contributed by atoms with Gasteiger partial charge in [0.05, 0.1) is 12.2 Å². The molecule has 0 aromatic carbocycles. The van der Waals surface area contributed by atoms with Crippen LogP contribution in [-0.4, -0.2) is 22.2 Å². The first-order valence-corrected chi connectivity index (χ1v) is 8.59. The third-order valence-electron chi connectivity index (χ3n) is 4.92. The van der Waals surface area contributed by atoms with Gasteiger partial charge < -0.3 is 5.32 Å². The first-order chi connectivity index (χ1) is 10.7. The van der Waals surface area contributed by atoms with Crippen LogP contribution >= 0.6 is 0 Å². The maximum absolute atomic E-state index is 11.9. The van der Waals surface area contributed by atoms with Gasteiger partial charge in [0.15, 0.2) is 0 Å². The number of aromatic nitrogens is 2. The molecule has 0 bridgehead atoms. The van der Waals surface area contributed by atoms with Crippen molar-refractivity contribution in [2.24, 2.45) is 5.92 Å². The van der Waals surface area contributed by atoms with Crippen LogP contribution in [0, 0.1) is 5.92 Å². The number of carbonyl (C=O) groups excluding carboxylic acids is 1. The van der Waals surface area contributed by atoms with Gasteiger partial charge in [0.2, 0.25) is 5.91 Å². The minimum atomic E-state index is -0.0548. The third-order valence-corrected chi connectivity index (χ3v) is 4.92. The van der Waals surface area contributed by atoms with Gasteiger partial charge in [0.1, 0.15) is 0 Å². The van der Waals surface area contributed by atoms with Crippen molar-refractivity contribution in [3.8, 4) is 0 Å². The number of nitrogens with one attached hydrogen (secondary N) is 1. The van der Waals surface area contributed by atoms with Gasteiger partial charge in [-0.3, -0.25) is 9.59 Å². The van der Waals surface area contributed by atoms with Gasteiger partial charge in [-0.15, -0.1) is 0 Å². The van der Waals surface area contributed by atoms with Crippen molar-refractivity contribution in [2.75, 3.05) is 6.54 Å². The zero-order valence-electron chi connectivity index (χ0n) is 13.1. The van der Waals surface area contributed by atoms with E-state index in [0.717, 1.165) is 42.9 Å². The summed E-state index contributed by atoms with van der Waals surface area (Å²) in [6.45, 7) is 0.941. The summed E-state index contributed by atoms with van der Waals surface area (Å²) in [6.07, 6.45) is 9.82. The molecule has 5 heteroatoms. The lowest BCUT2D eigenvalue weighted by Crippen LogP contribution is -2.32. The highest BCUT2D eigenvalue weighted by Crippen LogP contribution is 2.28. The van der Waals surface area contributed by atoms with E-state index in [4.69, 9.17) is 0 Å². The van der Waals surface area contributed by atoms with Crippen molar-refractivity contribution >= 4 is 5.91 Å². The fraction of sp³-hybridized carbons (Fsp3) is 0.706. The molecule has 120 valence electrons. The molecule has 3 rings (SSSR count). The normalized spacial score (nSPS) is 17.6. The highest BCUT2D eigenvalue weighted by atomic mass is 16.1. The molecule has 2 aliphatic carbocycles. The number of aryl methyl sites for hydroxylation is 2. The average molecular weight is 303 g/mol. The second-order valence-corrected chi connectivity index (χ2v) is 6.57. The van der Waals surface area contributed by atoms with Crippen LogP contribution in [0.3, 0.4) is 0 Å². The van der Waals surface area contributed by atoms with Crippen molar-refractivity contribution in [2.45, 2.75) is 64.3 Å². The van der Waals surface area contributed by atoms with E-state index in [1.165, 1.54) is 30.4 Å². The Bertz CT molecular complexity index is 588. The second kappa shape index (κ2) is 7.07. The number of nitrogens with zero attached hydrogens (tertiary/aromatic N) is 2. The Balaban J connectivity index is 1.43. The van der Waals surface area contributed by atoms with Crippen molar-refractivity contribution in [1.82, 2.24) is 15.1 Å². The van der Waals surface area contributed by atoms with E-state index >= 15 is 0 Å². The van der Waals surface area contributed by atoms with Crippen LogP contribution < -0.4 is 10.9 Å². The van der Waals surface area contributed by atoms with Crippen molar-refractivity contribution < 1.29 is 4.79 Å². The molecule has 1 aromatic rings. The van der Waals surface area contributed by atoms with Gasteiger partial charge in [-0.2, -0.15) is 5.10 Å². The monoisotopic (exact) mass is 303 g/mol. The fourth-order valence-corrected chi connectivity index (χ4v) is 3.62. The maximum Gasteiger partial charge on any atom is 0.267 e. The van der Waals surface area contributed by atoms with Crippen molar-refractivity contribution in [3.63, 3.8) is 0 Å². The van der Waals surface area contributed by atoms with Crippen LogP contribution in [0.25, 0.3) is 0 Å². The zero-order chi connectivity index (χ0) is 15.4. The molecule has 1 heterocycles. The standard InChI is InChI=1S/C17H25N3O2/c21-16(9-8-13-4-1-2-5-13)18-10-11-20-17(22)12-14-6-3-7-15(14)19-20/h12-13H,1-11H2,(H,18,21). The summed E-state index contributed by atoms with van der Waals surface area (Å²) in [6, 6.07) is 1.71. The number of amides is 1. The fourth-order valence-electron chi connectivity index (χ4n) is 3.62. The van der Waals surface area contributed by atoms with Crippen molar-refractivity contribution in [3.05, 3.63) is 27.7 Å². The predicted octanol–water partition coefficient (Wildman–Crippen LogP) is 1.82. The van der Waals surface area contributed by atoms with Gasteiger partial charge in [0.25, 0.3) is 5.56 Å². The maximum atomic E-state index is 11.9. The Morgan fingerprint density at radius 1 is 1.27 bits per heavy atom.